The fourth-order valence-corrected chi connectivity index (χ4v) is 8.49. The van der Waals surface area contributed by atoms with Crippen LogP contribution in [0.2, 0.25) is 0 Å². The summed E-state index contributed by atoms with van der Waals surface area (Å²) in [5, 5.41) is 0. The molecule has 0 aliphatic heterocycles. The summed E-state index contributed by atoms with van der Waals surface area (Å²) in [5.41, 5.74) is 0.0938. The minimum atomic E-state index is -0.523. The average Bonchev–Trinajstić information content (AvgIpc) is 3.08. The Labute approximate surface area is 295 Å². The van der Waals surface area contributed by atoms with Crippen molar-refractivity contribution in [3.63, 3.8) is 0 Å². The van der Waals surface area contributed by atoms with E-state index in [1.54, 1.807) is 12.1 Å². The lowest BCUT2D eigenvalue weighted by Crippen LogP contribution is -2.47. The van der Waals surface area contributed by atoms with E-state index in [0.717, 1.165) is 75.5 Å². The van der Waals surface area contributed by atoms with Crippen molar-refractivity contribution in [3.05, 3.63) is 54.6 Å². The predicted molar refractivity (Wildman–Crippen MR) is 193 cm³/mol. The number of carbonyl (C=O) groups excluding carboxylic acids is 3. The first-order valence-corrected chi connectivity index (χ1v) is 19.4. The molecule has 1 unspecified atom stereocenters. The minimum Gasteiger partial charge on any atom is -0.482 e. The van der Waals surface area contributed by atoms with Gasteiger partial charge in [-0.1, -0.05) is 81.5 Å². The topological polar surface area (TPSA) is 88.1 Å². The highest BCUT2D eigenvalue weighted by Gasteiger charge is 2.51. The monoisotopic (exact) mass is 678 g/mol. The van der Waals surface area contributed by atoms with Gasteiger partial charge in [0.1, 0.15) is 25.6 Å². The van der Waals surface area contributed by atoms with Gasteiger partial charge in [-0.3, -0.25) is 9.59 Å². The standard InChI is InChI=1S/C42H62O7/c1-2-3-4-5-6-7-8-9-10-11-12-13-14-15-19-22-39(43)47-30-37(32-49-41(45)33-46-38-20-17-16-18-21-38)31-48-40(44)29-42-26-34-23-35(27-42)25-36(24-34)28-42/h6-7,9-10,16-18,20-21,34-37H,2-5,8,11-15,19,22-33H2,1H3/b7-6-,10-9-. The Hall–Kier alpha value is -3.09. The maximum Gasteiger partial charge on any atom is 0.344 e. The summed E-state index contributed by atoms with van der Waals surface area (Å²) in [6.07, 6.45) is 29.7. The maximum absolute atomic E-state index is 13.1. The van der Waals surface area contributed by atoms with Crippen LogP contribution in [-0.2, 0) is 28.6 Å². The van der Waals surface area contributed by atoms with E-state index in [9.17, 15) is 14.4 Å². The number of allylic oxidation sites excluding steroid dienone is 4. The highest BCUT2D eigenvalue weighted by molar-refractivity contribution is 5.71. The summed E-state index contributed by atoms with van der Waals surface area (Å²) in [7, 11) is 0. The van der Waals surface area contributed by atoms with Crippen molar-refractivity contribution in [1.29, 1.82) is 0 Å². The Bertz CT molecular complexity index is 1140. The van der Waals surface area contributed by atoms with Gasteiger partial charge in [0.05, 0.1) is 12.3 Å². The first-order chi connectivity index (χ1) is 23.9. The summed E-state index contributed by atoms with van der Waals surface area (Å²) in [4.78, 5) is 38.0. The van der Waals surface area contributed by atoms with E-state index in [2.05, 4.69) is 31.2 Å². The zero-order chi connectivity index (χ0) is 34.6. The van der Waals surface area contributed by atoms with Crippen molar-refractivity contribution in [3.8, 4) is 5.75 Å². The van der Waals surface area contributed by atoms with E-state index in [0.29, 0.717) is 18.6 Å². The maximum atomic E-state index is 13.1. The summed E-state index contributed by atoms with van der Waals surface area (Å²) < 4.78 is 22.3. The quantitative estimate of drug-likeness (QED) is 0.0440. The van der Waals surface area contributed by atoms with Crippen LogP contribution in [0.15, 0.2) is 54.6 Å². The van der Waals surface area contributed by atoms with Crippen LogP contribution in [0.25, 0.3) is 0 Å². The highest BCUT2D eigenvalue weighted by atomic mass is 16.6. The van der Waals surface area contributed by atoms with E-state index in [1.165, 1.54) is 51.4 Å². The van der Waals surface area contributed by atoms with Gasteiger partial charge in [0.2, 0.25) is 0 Å². The molecule has 1 aromatic rings. The van der Waals surface area contributed by atoms with E-state index in [-0.39, 0.29) is 43.8 Å². The van der Waals surface area contributed by atoms with Gasteiger partial charge in [0, 0.05) is 6.42 Å². The molecule has 5 rings (SSSR count). The lowest BCUT2D eigenvalue weighted by molar-refractivity contribution is -0.158. The molecule has 4 saturated carbocycles. The van der Waals surface area contributed by atoms with Crippen LogP contribution in [0.3, 0.4) is 0 Å². The summed E-state index contributed by atoms with van der Waals surface area (Å²) >= 11 is 0. The molecule has 49 heavy (non-hydrogen) atoms. The third-order valence-corrected chi connectivity index (χ3v) is 10.6. The molecule has 7 nitrogen and oxygen atoms in total. The average molecular weight is 679 g/mol. The molecule has 0 saturated heterocycles. The van der Waals surface area contributed by atoms with Crippen LogP contribution < -0.4 is 4.74 Å². The van der Waals surface area contributed by atoms with Crippen molar-refractivity contribution < 1.29 is 33.3 Å². The molecule has 0 heterocycles. The zero-order valence-corrected chi connectivity index (χ0v) is 30.1. The molecular weight excluding hydrogens is 616 g/mol. The molecule has 272 valence electrons. The van der Waals surface area contributed by atoms with E-state index >= 15 is 0 Å². The van der Waals surface area contributed by atoms with Gasteiger partial charge in [-0.05, 0) is 112 Å². The van der Waals surface area contributed by atoms with Crippen LogP contribution in [0.4, 0.5) is 0 Å². The lowest BCUT2D eigenvalue weighted by Gasteiger charge is -2.56. The fraction of sp³-hybridized carbons (Fsp3) is 0.690. The van der Waals surface area contributed by atoms with Gasteiger partial charge in [0.25, 0.3) is 0 Å². The lowest BCUT2D eigenvalue weighted by atomic mass is 9.49. The highest BCUT2D eigenvalue weighted by Crippen LogP contribution is 2.61. The Balaban J connectivity index is 1.11. The third-order valence-electron chi connectivity index (χ3n) is 10.6. The molecular formula is C42H62O7. The number of ether oxygens (including phenoxy) is 4. The number of unbranched alkanes of at least 4 members (excludes halogenated alkanes) is 8. The Kier molecular flexibility index (Phi) is 17.3. The number of carbonyl (C=O) groups is 3. The molecule has 1 aromatic carbocycles. The van der Waals surface area contributed by atoms with Crippen molar-refractivity contribution >= 4 is 17.9 Å². The molecule has 0 N–H and O–H groups in total. The molecule has 4 fully saturated rings. The van der Waals surface area contributed by atoms with Crippen molar-refractivity contribution in [2.24, 2.45) is 29.1 Å². The first-order valence-electron chi connectivity index (χ1n) is 19.4. The number of hydrogen-bond acceptors (Lipinski definition) is 7. The molecule has 4 bridgehead atoms. The summed E-state index contributed by atoms with van der Waals surface area (Å²) in [6.45, 7) is 2.08. The van der Waals surface area contributed by atoms with Gasteiger partial charge >= 0.3 is 17.9 Å². The van der Waals surface area contributed by atoms with Crippen LogP contribution in [0.5, 0.6) is 5.75 Å². The molecule has 0 spiro atoms. The number of para-hydroxylation sites is 1. The molecule has 4 aliphatic rings. The van der Waals surface area contributed by atoms with Crippen molar-refractivity contribution in [2.75, 3.05) is 26.4 Å². The smallest absolute Gasteiger partial charge is 0.344 e. The fourth-order valence-electron chi connectivity index (χ4n) is 8.49. The van der Waals surface area contributed by atoms with Gasteiger partial charge in [-0.2, -0.15) is 0 Å². The second-order valence-corrected chi connectivity index (χ2v) is 15.1. The van der Waals surface area contributed by atoms with Crippen LogP contribution in [0.1, 0.15) is 129 Å². The second kappa shape index (κ2) is 21.9. The molecule has 4 aliphatic carbocycles. The van der Waals surface area contributed by atoms with E-state index < -0.39 is 11.9 Å². The van der Waals surface area contributed by atoms with Gasteiger partial charge < -0.3 is 18.9 Å². The van der Waals surface area contributed by atoms with Gasteiger partial charge in [-0.25, -0.2) is 4.79 Å². The summed E-state index contributed by atoms with van der Waals surface area (Å²) in [5.74, 6) is 1.46. The van der Waals surface area contributed by atoms with E-state index in [1.807, 2.05) is 18.2 Å². The molecule has 1 atom stereocenters. The summed E-state index contributed by atoms with van der Waals surface area (Å²) in [6, 6.07) is 9.08. The van der Waals surface area contributed by atoms with Gasteiger partial charge in [0.15, 0.2) is 6.61 Å². The predicted octanol–water partition coefficient (Wildman–Crippen LogP) is 9.73. The Morgan fingerprint density at radius 1 is 0.694 bits per heavy atom. The van der Waals surface area contributed by atoms with Crippen LogP contribution in [0, 0.1) is 29.1 Å². The van der Waals surface area contributed by atoms with Crippen molar-refractivity contribution in [1.82, 2.24) is 0 Å². The van der Waals surface area contributed by atoms with Crippen LogP contribution in [-0.4, -0.2) is 44.3 Å². The third kappa shape index (κ3) is 15.1. The first kappa shape index (κ1) is 38.7. The second-order valence-electron chi connectivity index (χ2n) is 15.1. The number of rotatable bonds is 25. The molecule has 0 aromatic heterocycles. The molecule has 0 radical (unpaired) electrons. The van der Waals surface area contributed by atoms with Gasteiger partial charge in [-0.15, -0.1) is 0 Å². The number of hydrogen-bond donors (Lipinski definition) is 0. The van der Waals surface area contributed by atoms with Crippen LogP contribution >= 0.6 is 0 Å². The number of benzene rings is 1. The van der Waals surface area contributed by atoms with E-state index in [4.69, 9.17) is 18.9 Å². The van der Waals surface area contributed by atoms with Crippen molar-refractivity contribution in [2.45, 2.75) is 129 Å². The SMILES string of the molecule is CCCCC/C=C\C/C=C\CCCCCCCC(=O)OCC(COC(=O)COc1ccccc1)COC(=O)CC12CC3CC(CC(C3)C1)C2. The largest absolute Gasteiger partial charge is 0.482 e. The number of esters is 3. The Morgan fingerprint density at radius 2 is 1.24 bits per heavy atom. The molecule has 7 heteroatoms. The minimum absolute atomic E-state index is 0.0153. The zero-order valence-electron chi connectivity index (χ0n) is 30.1. The Morgan fingerprint density at radius 3 is 1.88 bits per heavy atom. The normalized spacial score (nSPS) is 23.2. The molecule has 0 amide bonds.